The fourth-order valence-electron chi connectivity index (χ4n) is 2.70. The maximum atomic E-state index is 12.0. The lowest BCUT2D eigenvalue weighted by molar-refractivity contribution is 0.0953. The van der Waals surface area contributed by atoms with Crippen LogP contribution in [0.25, 0.3) is 0 Å². The summed E-state index contributed by atoms with van der Waals surface area (Å²) < 4.78 is 2.03. The van der Waals surface area contributed by atoms with Crippen molar-refractivity contribution < 1.29 is 4.79 Å². The highest BCUT2D eigenvalue weighted by Gasteiger charge is 2.05. The van der Waals surface area contributed by atoms with Gasteiger partial charge in [0, 0.05) is 45.2 Å². The summed E-state index contributed by atoms with van der Waals surface area (Å²) >= 11 is 0. The molecule has 3 N–H and O–H groups in total. The Morgan fingerprint density at radius 3 is 2.57 bits per heavy atom. The lowest BCUT2D eigenvalue weighted by Crippen LogP contribution is -2.38. The van der Waals surface area contributed by atoms with Crippen molar-refractivity contribution in [3.63, 3.8) is 0 Å². The number of nitrogens with one attached hydrogen (secondary N) is 3. The van der Waals surface area contributed by atoms with Gasteiger partial charge < -0.3 is 20.5 Å². The van der Waals surface area contributed by atoms with Crippen molar-refractivity contribution >= 4 is 11.9 Å². The molecule has 0 saturated heterocycles. The Bertz CT molecular complexity index is 752. The number of unbranched alkanes of at least 4 members (excludes halogenated alkanes) is 1. The van der Waals surface area contributed by atoms with E-state index in [0.717, 1.165) is 56.2 Å². The minimum Gasteiger partial charge on any atom is -0.355 e. The van der Waals surface area contributed by atoms with Gasteiger partial charge in [-0.05, 0) is 24.1 Å². The van der Waals surface area contributed by atoms with Gasteiger partial charge >= 0.3 is 0 Å². The fourth-order valence-corrected chi connectivity index (χ4v) is 2.70. The largest absolute Gasteiger partial charge is 0.355 e. The smallest absolute Gasteiger partial charge is 0.251 e. The molecule has 1 aromatic heterocycles. The van der Waals surface area contributed by atoms with Crippen LogP contribution in [0.5, 0.6) is 0 Å². The van der Waals surface area contributed by atoms with Gasteiger partial charge in [-0.25, -0.2) is 0 Å². The second-order valence-corrected chi connectivity index (χ2v) is 6.45. The molecule has 28 heavy (non-hydrogen) atoms. The van der Waals surface area contributed by atoms with Gasteiger partial charge in [0.05, 0.1) is 0 Å². The van der Waals surface area contributed by atoms with Crippen molar-refractivity contribution in [3.05, 3.63) is 47.5 Å². The van der Waals surface area contributed by atoms with Crippen LogP contribution in [-0.4, -0.2) is 46.8 Å². The van der Waals surface area contributed by atoms with Crippen LogP contribution in [0.15, 0.2) is 35.6 Å². The minimum atomic E-state index is -0.0223. The number of hydrogen-bond acceptors (Lipinski definition) is 4. The molecule has 0 fully saturated rings. The molecule has 0 unspecified atom stereocenters. The Morgan fingerprint density at radius 2 is 1.89 bits per heavy atom. The number of amides is 1. The second-order valence-electron chi connectivity index (χ2n) is 6.45. The summed E-state index contributed by atoms with van der Waals surface area (Å²) in [4.78, 5) is 16.3. The predicted molar refractivity (Wildman–Crippen MR) is 111 cm³/mol. The lowest BCUT2D eigenvalue weighted by atomic mass is 10.1. The van der Waals surface area contributed by atoms with Crippen molar-refractivity contribution in [2.45, 2.75) is 46.2 Å². The number of carbonyl (C=O) groups is 1. The number of rotatable bonds is 10. The van der Waals surface area contributed by atoms with E-state index in [-0.39, 0.29) is 5.91 Å². The third kappa shape index (κ3) is 6.68. The molecule has 2 rings (SSSR count). The zero-order valence-electron chi connectivity index (χ0n) is 17.0. The van der Waals surface area contributed by atoms with Crippen molar-refractivity contribution in [2.75, 3.05) is 20.1 Å². The standard InChI is InChI=1S/C20H31N7O/c1-4-6-11-22-19(28)17-9-7-16(8-10-17)14-24-20(21-3)23-12-13-27-15-25-26-18(27)5-2/h7-10,15H,4-6,11-14H2,1-3H3,(H,22,28)(H2,21,23,24). The topological polar surface area (TPSA) is 96.2 Å². The lowest BCUT2D eigenvalue weighted by Gasteiger charge is -2.13. The Balaban J connectivity index is 1.76. The quantitative estimate of drug-likeness (QED) is 0.329. The van der Waals surface area contributed by atoms with E-state index in [0.29, 0.717) is 12.1 Å². The number of guanidine groups is 1. The third-order valence-corrected chi connectivity index (χ3v) is 4.37. The van der Waals surface area contributed by atoms with Gasteiger partial charge in [-0.3, -0.25) is 9.79 Å². The maximum Gasteiger partial charge on any atom is 0.251 e. The molecule has 0 spiro atoms. The van der Waals surface area contributed by atoms with Crippen LogP contribution in [0.4, 0.5) is 0 Å². The minimum absolute atomic E-state index is 0.0223. The summed E-state index contributed by atoms with van der Waals surface area (Å²) in [5.41, 5.74) is 1.77. The Labute approximate surface area is 166 Å². The van der Waals surface area contributed by atoms with Gasteiger partial charge in [-0.15, -0.1) is 10.2 Å². The van der Waals surface area contributed by atoms with Gasteiger partial charge in [0.1, 0.15) is 12.2 Å². The van der Waals surface area contributed by atoms with E-state index in [9.17, 15) is 4.79 Å². The van der Waals surface area contributed by atoms with Crippen molar-refractivity contribution in [2.24, 2.45) is 4.99 Å². The molecule has 1 aromatic carbocycles. The van der Waals surface area contributed by atoms with E-state index in [1.54, 1.807) is 13.4 Å². The number of hydrogen-bond donors (Lipinski definition) is 3. The van der Waals surface area contributed by atoms with E-state index in [2.05, 4.69) is 45.0 Å². The highest BCUT2D eigenvalue weighted by molar-refractivity contribution is 5.94. The van der Waals surface area contributed by atoms with Crippen molar-refractivity contribution in [1.29, 1.82) is 0 Å². The van der Waals surface area contributed by atoms with Crippen molar-refractivity contribution in [1.82, 2.24) is 30.7 Å². The van der Waals surface area contributed by atoms with Gasteiger partial charge in [-0.1, -0.05) is 32.4 Å². The van der Waals surface area contributed by atoms with Crippen molar-refractivity contribution in [3.8, 4) is 0 Å². The summed E-state index contributed by atoms with van der Waals surface area (Å²) in [6.07, 6.45) is 4.67. The summed E-state index contributed by atoms with van der Waals surface area (Å²) in [6.45, 7) is 7.02. The van der Waals surface area contributed by atoms with Crippen LogP contribution in [-0.2, 0) is 19.5 Å². The first kappa shape index (κ1) is 21.4. The van der Waals surface area contributed by atoms with Crippen LogP contribution >= 0.6 is 0 Å². The zero-order chi connectivity index (χ0) is 20.2. The molecule has 0 aliphatic heterocycles. The first-order valence-electron chi connectivity index (χ1n) is 9.86. The zero-order valence-corrected chi connectivity index (χ0v) is 17.0. The van der Waals surface area contributed by atoms with E-state index in [1.807, 2.05) is 28.8 Å². The van der Waals surface area contributed by atoms with Crippen LogP contribution < -0.4 is 16.0 Å². The highest BCUT2D eigenvalue weighted by Crippen LogP contribution is 2.04. The summed E-state index contributed by atoms with van der Waals surface area (Å²) in [7, 11) is 1.75. The number of nitrogens with zero attached hydrogens (tertiary/aromatic N) is 4. The molecule has 1 amide bonds. The molecule has 0 bridgehead atoms. The van der Waals surface area contributed by atoms with Crippen LogP contribution in [0.3, 0.4) is 0 Å². The average molecular weight is 386 g/mol. The molecule has 1 heterocycles. The second kappa shape index (κ2) is 11.7. The van der Waals surface area contributed by atoms with E-state index in [4.69, 9.17) is 0 Å². The molecular formula is C20H31N7O. The first-order chi connectivity index (χ1) is 13.7. The van der Waals surface area contributed by atoms with Gasteiger partial charge in [0.15, 0.2) is 5.96 Å². The Kier molecular flexibility index (Phi) is 8.97. The molecule has 0 aliphatic rings. The molecule has 0 radical (unpaired) electrons. The summed E-state index contributed by atoms with van der Waals surface area (Å²) in [5.74, 6) is 1.68. The molecule has 0 aliphatic carbocycles. The first-order valence-corrected chi connectivity index (χ1v) is 9.86. The summed E-state index contributed by atoms with van der Waals surface area (Å²) in [5, 5.41) is 17.5. The van der Waals surface area contributed by atoms with Crippen LogP contribution in [0.1, 0.15) is 48.4 Å². The third-order valence-electron chi connectivity index (χ3n) is 4.37. The molecule has 8 heteroatoms. The number of aryl methyl sites for hydroxylation is 1. The van der Waals surface area contributed by atoms with E-state index >= 15 is 0 Å². The van der Waals surface area contributed by atoms with Crippen LogP contribution in [0.2, 0.25) is 0 Å². The average Bonchev–Trinajstić information content (AvgIpc) is 3.18. The SMILES string of the molecule is CCCCNC(=O)c1ccc(CNC(=NC)NCCn2cnnc2CC)cc1. The highest BCUT2D eigenvalue weighted by atomic mass is 16.1. The van der Waals surface area contributed by atoms with Gasteiger partial charge in [-0.2, -0.15) is 0 Å². The van der Waals surface area contributed by atoms with Crippen LogP contribution in [0, 0.1) is 0 Å². The van der Waals surface area contributed by atoms with E-state index < -0.39 is 0 Å². The predicted octanol–water partition coefficient (Wildman–Crippen LogP) is 1.74. The molecule has 8 nitrogen and oxygen atoms in total. The molecule has 152 valence electrons. The Hall–Kier alpha value is -2.90. The normalized spacial score (nSPS) is 11.3. The Morgan fingerprint density at radius 1 is 1.11 bits per heavy atom. The molecule has 2 aromatic rings. The summed E-state index contributed by atoms with van der Waals surface area (Å²) in [6, 6.07) is 7.62. The maximum absolute atomic E-state index is 12.0. The van der Waals surface area contributed by atoms with E-state index in [1.165, 1.54) is 0 Å². The van der Waals surface area contributed by atoms with Gasteiger partial charge in [0.25, 0.3) is 5.91 Å². The number of carbonyl (C=O) groups excluding carboxylic acids is 1. The monoisotopic (exact) mass is 385 g/mol. The molecular weight excluding hydrogens is 354 g/mol. The van der Waals surface area contributed by atoms with Gasteiger partial charge in [0.2, 0.25) is 0 Å². The number of benzene rings is 1. The number of aromatic nitrogens is 3. The number of aliphatic imine (C=N–C) groups is 1. The fraction of sp³-hybridized carbons (Fsp3) is 0.500. The molecule has 0 saturated carbocycles. The molecule has 0 atom stereocenters.